The fourth-order valence-corrected chi connectivity index (χ4v) is 1.70. The standard InChI is InChI=1S/C11H21NO3/c1-5-13-11(14-6-2)7-10(9-15-11)8-12(3)4/h8H,5-7,9H2,1-4H3. The van der Waals surface area contributed by atoms with E-state index in [2.05, 4.69) is 6.20 Å². The van der Waals surface area contributed by atoms with E-state index in [9.17, 15) is 0 Å². The molecule has 1 aliphatic heterocycles. The Morgan fingerprint density at radius 2 is 1.93 bits per heavy atom. The fourth-order valence-electron chi connectivity index (χ4n) is 1.70. The molecule has 1 heterocycles. The lowest BCUT2D eigenvalue weighted by molar-refractivity contribution is -0.357. The third kappa shape index (κ3) is 3.48. The van der Waals surface area contributed by atoms with Crippen LogP contribution in [0.3, 0.4) is 0 Å². The molecule has 1 aliphatic rings. The van der Waals surface area contributed by atoms with Gasteiger partial charge in [0.15, 0.2) is 0 Å². The minimum absolute atomic E-state index is 0.582. The Labute approximate surface area is 91.8 Å². The highest BCUT2D eigenvalue weighted by molar-refractivity contribution is 5.07. The Morgan fingerprint density at radius 3 is 2.40 bits per heavy atom. The normalized spacial score (nSPS) is 22.3. The number of hydrogen-bond acceptors (Lipinski definition) is 4. The molecule has 15 heavy (non-hydrogen) atoms. The number of hydrogen-bond donors (Lipinski definition) is 0. The van der Waals surface area contributed by atoms with Gasteiger partial charge in [0.05, 0.1) is 13.0 Å². The van der Waals surface area contributed by atoms with Gasteiger partial charge in [-0.2, -0.15) is 0 Å². The largest absolute Gasteiger partial charge is 0.383 e. The van der Waals surface area contributed by atoms with Gasteiger partial charge in [-0.05, 0) is 19.4 Å². The van der Waals surface area contributed by atoms with Gasteiger partial charge in [-0.1, -0.05) is 0 Å². The van der Waals surface area contributed by atoms with Crippen LogP contribution in [0.1, 0.15) is 20.3 Å². The molecule has 88 valence electrons. The van der Waals surface area contributed by atoms with Gasteiger partial charge in [0.25, 0.3) is 5.97 Å². The van der Waals surface area contributed by atoms with Crippen molar-refractivity contribution in [3.05, 3.63) is 11.8 Å². The van der Waals surface area contributed by atoms with Crippen molar-refractivity contribution in [3.8, 4) is 0 Å². The monoisotopic (exact) mass is 215 g/mol. The van der Waals surface area contributed by atoms with E-state index < -0.39 is 5.97 Å². The van der Waals surface area contributed by atoms with Gasteiger partial charge >= 0.3 is 0 Å². The summed E-state index contributed by atoms with van der Waals surface area (Å²) in [6, 6.07) is 0. The summed E-state index contributed by atoms with van der Waals surface area (Å²) in [4.78, 5) is 2.01. The third-order valence-corrected chi connectivity index (χ3v) is 2.09. The first-order valence-corrected chi connectivity index (χ1v) is 5.39. The van der Waals surface area contributed by atoms with Crippen LogP contribution in [0.15, 0.2) is 11.8 Å². The van der Waals surface area contributed by atoms with E-state index >= 15 is 0 Å². The zero-order valence-electron chi connectivity index (χ0n) is 10.1. The molecule has 0 spiro atoms. The highest BCUT2D eigenvalue weighted by atomic mass is 16.9. The van der Waals surface area contributed by atoms with Crippen molar-refractivity contribution in [3.63, 3.8) is 0 Å². The Bertz CT molecular complexity index is 220. The molecule has 0 aromatic rings. The maximum Gasteiger partial charge on any atom is 0.287 e. The lowest BCUT2D eigenvalue weighted by Gasteiger charge is -2.26. The van der Waals surface area contributed by atoms with E-state index in [4.69, 9.17) is 14.2 Å². The summed E-state index contributed by atoms with van der Waals surface area (Å²) >= 11 is 0. The second-order valence-corrected chi connectivity index (χ2v) is 3.77. The van der Waals surface area contributed by atoms with Crippen molar-refractivity contribution in [2.75, 3.05) is 33.9 Å². The fraction of sp³-hybridized carbons (Fsp3) is 0.818. The summed E-state index contributed by atoms with van der Waals surface area (Å²) in [5.41, 5.74) is 1.20. The molecule has 0 atom stereocenters. The number of rotatable bonds is 5. The average Bonchev–Trinajstić information content (AvgIpc) is 2.49. The lowest BCUT2D eigenvalue weighted by atomic mass is 10.2. The van der Waals surface area contributed by atoms with Crippen molar-refractivity contribution in [1.82, 2.24) is 4.90 Å². The van der Waals surface area contributed by atoms with Crippen molar-refractivity contribution >= 4 is 0 Å². The van der Waals surface area contributed by atoms with E-state index in [0.717, 1.165) is 0 Å². The molecule has 0 radical (unpaired) electrons. The van der Waals surface area contributed by atoms with E-state index in [1.54, 1.807) is 0 Å². The Hall–Kier alpha value is -0.580. The summed E-state index contributed by atoms with van der Waals surface area (Å²) < 4.78 is 16.7. The second-order valence-electron chi connectivity index (χ2n) is 3.77. The highest BCUT2D eigenvalue weighted by Crippen LogP contribution is 2.32. The lowest BCUT2D eigenvalue weighted by Crippen LogP contribution is -2.35. The summed E-state index contributed by atoms with van der Waals surface area (Å²) in [6.45, 7) is 5.65. The predicted octanol–water partition coefficient (Wildman–Crippen LogP) is 1.58. The smallest absolute Gasteiger partial charge is 0.287 e. The SMILES string of the molecule is CCOC1(OCC)CC(=CN(C)C)CO1. The van der Waals surface area contributed by atoms with Gasteiger partial charge in [0, 0.05) is 33.5 Å². The topological polar surface area (TPSA) is 30.9 Å². The predicted molar refractivity (Wildman–Crippen MR) is 58.3 cm³/mol. The summed E-state index contributed by atoms with van der Waals surface area (Å²) in [5, 5.41) is 0. The van der Waals surface area contributed by atoms with Gasteiger partial charge in [0.2, 0.25) is 0 Å². The molecule has 0 aromatic heterocycles. The summed E-state index contributed by atoms with van der Waals surface area (Å²) in [7, 11) is 3.99. The van der Waals surface area contributed by atoms with E-state index in [0.29, 0.717) is 26.2 Å². The van der Waals surface area contributed by atoms with Crippen LogP contribution in [0, 0.1) is 0 Å². The summed E-state index contributed by atoms with van der Waals surface area (Å²) in [5.74, 6) is -0.842. The van der Waals surface area contributed by atoms with E-state index in [1.165, 1.54) is 5.57 Å². The Morgan fingerprint density at radius 1 is 1.33 bits per heavy atom. The quantitative estimate of drug-likeness (QED) is 0.651. The molecule has 0 bridgehead atoms. The molecule has 0 aromatic carbocycles. The van der Waals surface area contributed by atoms with Crippen LogP contribution >= 0.6 is 0 Å². The molecule has 4 heteroatoms. The zero-order valence-corrected chi connectivity index (χ0v) is 10.1. The molecule has 0 unspecified atom stereocenters. The van der Waals surface area contributed by atoms with Gasteiger partial charge in [-0.15, -0.1) is 0 Å². The van der Waals surface area contributed by atoms with Crippen LogP contribution in [0.2, 0.25) is 0 Å². The van der Waals surface area contributed by atoms with Gasteiger partial charge in [-0.25, -0.2) is 0 Å². The van der Waals surface area contributed by atoms with E-state index in [1.807, 2.05) is 32.8 Å². The molecule has 1 fully saturated rings. The van der Waals surface area contributed by atoms with Crippen molar-refractivity contribution in [1.29, 1.82) is 0 Å². The van der Waals surface area contributed by atoms with Crippen molar-refractivity contribution in [2.24, 2.45) is 0 Å². The van der Waals surface area contributed by atoms with Crippen LogP contribution in [0.5, 0.6) is 0 Å². The zero-order chi connectivity index (χ0) is 11.3. The number of nitrogens with zero attached hydrogens (tertiary/aromatic N) is 1. The molecule has 0 N–H and O–H groups in total. The van der Waals surface area contributed by atoms with Crippen LogP contribution in [0.25, 0.3) is 0 Å². The first kappa shape index (κ1) is 12.5. The summed E-state index contributed by atoms with van der Waals surface area (Å²) in [6.07, 6.45) is 2.74. The van der Waals surface area contributed by atoms with Crippen LogP contribution in [-0.4, -0.2) is 44.8 Å². The van der Waals surface area contributed by atoms with Crippen LogP contribution in [-0.2, 0) is 14.2 Å². The van der Waals surface area contributed by atoms with Gasteiger partial charge in [-0.3, -0.25) is 0 Å². The molecule has 1 rings (SSSR count). The minimum Gasteiger partial charge on any atom is -0.383 e. The third-order valence-electron chi connectivity index (χ3n) is 2.09. The Kier molecular flexibility index (Phi) is 4.57. The maximum absolute atomic E-state index is 5.60. The van der Waals surface area contributed by atoms with Crippen LogP contribution < -0.4 is 0 Å². The molecule has 0 amide bonds. The maximum atomic E-state index is 5.60. The minimum atomic E-state index is -0.842. The molecule has 1 saturated heterocycles. The Balaban J connectivity index is 2.62. The molecule has 4 nitrogen and oxygen atoms in total. The van der Waals surface area contributed by atoms with Gasteiger partial charge < -0.3 is 19.1 Å². The molecule has 0 saturated carbocycles. The average molecular weight is 215 g/mol. The molecule has 0 aliphatic carbocycles. The van der Waals surface area contributed by atoms with Crippen molar-refractivity contribution < 1.29 is 14.2 Å². The molecular formula is C11H21NO3. The van der Waals surface area contributed by atoms with Crippen LogP contribution in [0.4, 0.5) is 0 Å². The van der Waals surface area contributed by atoms with E-state index in [-0.39, 0.29) is 0 Å². The first-order valence-electron chi connectivity index (χ1n) is 5.39. The van der Waals surface area contributed by atoms with Gasteiger partial charge in [0.1, 0.15) is 0 Å². The highest BCUT2D eigenvalue weighted by Gasteiger charge is 2.39. The number of ether oxygens (including phenoxy) is 3. The molecular weight excluding hydrogens is 194 g/mol. The second kappa shape index (κ2) is 5.49. The first-order chi connectivity index (χ1) is 7.12. The van der Waals surface area contributed by atoms with Crippen molar-refractivity contribution in [2.45, 2.75) is 26.2 Å².